The lowest BCUT2D eigenvalue weighted by Gasteiger charge is -2.24. The van der Waals surface area contributed by atoms with Gasteiger partial charge in [-0.3, -0.25) is 4.68 Å². The highest BCUT2D eigenvalue weighted by atomic mass is 15.3. The van der Waals surface area contributed by atoms with Crippen LogP contribution in [0.4, 0.5) is 0 Å². The van der Waals surface area contributed by atoms with Crippen molar-refractivity contribution in [1.82, 2.24) is 9.78 Å². The van der Waals surface area contributed by atoms with E-state index in [0.717, 1.165) is 19.4 Å². The van der Waals surface area contributed by atoms with Gasteiger partial charge in [-0.1, -0.05) is 20.8 Å². The van der Waals surface area contributed by atoms with E-state index >= 15 is 0 Å². The van der Waals surface area contributed by atoms with Crippen LogP contribution < -0.4 is 5.73 Å². The SMILES string of the molecule is CCn1ncc(C2(N)CC2)c1C(C)(C)C. The molecular weight excluding hydrogens is 186 g/mol. The van der Waals surface area contributed by atoms with Gasteiger partial charge in [0.15, 0.2) is 0 Å². The maximum absolute atomic E-state index is 6.28. The van der Waals surface area contributed by atoms with Crippen molar-refractivity contribution in [1.29, 1.82) is 0 Å². The molecule has 2 N–H and O–H groups in total. The van der Waals surface area contributed by atoms with E-state index in [-0.39, 0.29) is 11.0 Å². The zero-order chi connectivity index (χ0) is 11.3. The van der Waals surface area contributed by atoms with Crippen molar-refractivity contribution in [2.45, 2.75) is 58.0 Å². The second-order valence-corrected chi connectivity index (χ2v) is 5.63. The molecule has 0 spiro atoms. The van der Waals surface area contributed by atoms with Gasteiger partial charge in [0.25, 0.3) is 0 Å². The average molecular weight is 207 g/mol. The average Bonchev–Trinajstić information content (AvgIpc) is 2.73. The molecule has 1 aromatic heterocycles. The molecule has 1 aliphatic rings. The Bertz CT molecular complexity index is 367. The van der Waals surface area contributed by atoms with Gasteiger partial charge in [-0.25, -0.2) is 0 Å². The van der Waals surface area contributed by atoms with E-state index in [0.29, 0.717) is 0 Å². The van der Waals surface area contributed by atoms with Crippen LogP contribution >= 0.6 is 0 Å². The fraction of sp³-hybridized carbons (Fsp3) is 0.750. The monoisotopic (exact) mass is 207 g/mol. The summed E-state index contributed by atoms with van der Waals surface area (Å²) in [6.45, 7) is 9.73. The fourth-order valence-corrected chi connectivity index (χ4v) is 2.18. The molecule has 0 radical (unpaired) electrons. The summed E-state index contributed by atoms with van der Waals surface area (Å²) < 4.78 is 2.09. The molecular formula is C12H21N3. The number of aromatic nitrogens is 2. The molecule has 1 heterocycles. The predicted octanol–water partition coefficient (Wildman–Crippen LogP) is 2.15. The first-order valence-corrected chi connectivity index (χ1v) is 5.74. The molecule has 15 heavy (non-hydrogen) atoms. The number of nitrogens with zero attached hydrogens (tertiary/aromatic N) is 2. The third-order valence-corrected chi connectivity index (χ3v) is 3.17. The van der Waals surface area contributed by atoms with E-state index in [1.54, 1.807) is 0 Å². The highest BCUT2D eigenvalue weighted by Crippen LogP contribution is 2.46. The third-order valence-electron chi connectivity index (χ3n) is 3.17. The van der Waals surface area contributed by atoms with Crippen molar-refractivity contribution < 1.29 is 0 Å². The third kappa shape index (κ3) is 1.69. The Labute approximate surface area is 91.7 Å². The molecule has 0 saturated heterocycles. The Hall–Kier alpha value is -0.830. The van der Waals surface area contributed by atoms with E-state index < -0.39 is 0 Å². The quantitative estimate of drug-likeness (QED) is 0.807. The van der Waals surface area contributed by atoms with Crippen LogP contribution in [0, 0.1) is 0 Å². The summed E-state index contributed by atoms with van der Waals surface area (Å²) in [5.41, 5.74) is 8.90. The summed E-state index contributed by atoms with van der Waals surface area (Å²) >= 11 is 0. The molecule has 0 amide bonds. The predicted molar refractivity (Wildman–Crippen MR) is 61.7 cm³/mol. The van der Waals surface area contributed by atoms with E-state index in [2.05, 4.69) is 37.5 Å². The van der Waals surface area contributed by atoms with E-state index in [1.165, 1.54) is 11.3 Å². The molecule has 1 fully saturated rings. The Morgan fingerprint density at radius 2 is 2.07 bits per heavy atom. The second-order valence-electron chi connectivity index (χ2n) is 5.63. The van der Waals surface area contributed by atoms with Gasteiger partial charge < -0.3 is 5.73 Å². The summed E-state index contributed by atoms with van der Waals surface area (Å²) in [5, 5.41) is 4.44. The summed E-state index contributed by atoms with van der Waals surface area (Å²) in [4.78, 5) is 0. The van der Waals surface area contributed by atoms with Crippen LogP contribution in [0.5, 0.6) is 0 Å². The Morgan fingerprint density at radius 1 is 1.47 bits per heavy atom. The van der Waals surface area contributed by atoms with E-state index in [1.807, 2.05) is 6.20 Å². The van der Waals surface area contributed by atoms with Gasteiger partial charge in [-0.15, -0.1) is 0 Å². The molecule has 2 rings (SSSR count). The Balaban J connectivity index is 2.52. The lowest BCUT2D eigenvalue weighted by Crippen LogP contribution is -2.26. The van der Waals surface area contributed by atoms with Gasteiger partial charge >= 0.3 is 0 Å². The molecule has 1 saturated carbocycles. The molecule has 0 aromatic carbocycles. The molecule has 3 nitrogen and oxygen atoms in total. The van der Waals surface area contributed by atoms with Gasteiger partial charge in [0.1, 0.15) is 0 Å². The first kappa shape index (κ1) is 10.7. The minimum absolute atomic E-state index is 0.0734. The Morgan fingerprint density at radius 3 is 2.47 bits per heavy atom. The molecule has 1 aliphatic carbocycles. The van der Waals surface area contributed by atoms with Crippen LogP contribution in [0.15, 0.2) is 6.20 Å². The smallest absolute Gasteiger partial charge is 0.0543 e. The maximum atomic E-state index is 6.28. The Kier molecular flexibility index (Phi) is 2.19. The van der Waals surface area contributed by atoms with Crippen molar-refractivity contribution in [3.63, 3.8) is 0 Å². The minimum Gasteiger partial charge on any atom is -0.321 e. The number of rotatable bonds is 2. The zero-order valence-corrected chi connectivity index (χ0v) is 10.2. The van der Waals surface area contributed by atoms with Gasteiger partial charge in [0.2, 0.25) is 0 Å². The summed E-state index contributed by atoms with van der Waals surface area (Å²) in [6.07, 6.45) is 4.17. The van der Waals surface area contributed by atoms with Gasteiger partial charge in [-0.05, 0) is 19.8 Å². The van der Waals surface area contributed by atoms with Crippen LogP contribution in [0.2, 0.25) is 0 Å². The van der Waals surface area contributed by atoms with Crippen LogP contribution in [-0.4, -0.2) is 9.78 Å². The molecule has 1 aromatic rings. The first-order valence-electron chi connectivity index (χ1n) is 5.74. The standard InChI is InChI=1S/C12H21N3/c1-5-15-10(11(2,3)4)9(8-14-15)12(13)6-7-12/h8H,5-7,13H2,1-4H3. The van der Waals surface area contributed by atoms with Crippen molar-refractivity contribution in [3.05, 3.63) is 17.5 Å². The first-order chi connectivity index (χ1) is 6.88. The van der Waals surface area contributed by atoms with Crippen molar-refractivity contribution in [2.24, 2.45) is 5.73 Å². The zero-order valence-electron chi connectivity index (χ0n) is 10.2. The summed E-state index contributed by atoms with van der Waals surface area (Å²) in [5.74, 6) is 0. The molecule has 84 valence electrons. The second kappa shape index (κ2) is 3.08. The molecule has 0 bridgehead atoms. The van der Waals surface area contributed by atoms with E-state index in [4.69, 9.17) is 5.73 Å². The van der Waals surface area contributed by atoms with Crippen LogP contribution in [0.3, 0.4) is 0 Å². The van der Waals surface area contributed by atoms with Gasteiger partial charge in [0.05, 0.1) is 6.20 Å². The normalized spacial score (nSPS) is 19.3. The number of aryl methyl sites for hydroxylation is 1. The lowest BCUT2D eigenvalue weighted by atomic mass is 9.86. The fourth-order valence-electron chi connectivity index (χ4n) is 2.18. The largest absolute Gasteiger partial charge is 0.321 e. The van der Waals surface area contributed by atoms with Gasteiger partial charge in [0, 0.05) is 28.8 Å². The molecule has 0 aliphatic heterocycles. The number of hydrogen-bond donors (Lipinski definition) is 1. The van der Waals surface area contributed by atoms with Crippen LogP contribution in [0.25, 0.3) is 0 Å². The highest BCUT2D eigenvalue weighted by Gasteiger charge is 2.44. The highest BCUT2D eigenvalue weighted by molar-refractivity contribution is 5.35. The van der Waals surface area contributed by atoms with E-state index in [9.17, 15) is 0 Å². The number of nitrogens with two attached hydrogens (primary N) is 1. The van der Waals surface area contributed by atoms with Crippen LogP contribution in [0.1, 0.15) is 51.8 Å². The number of hydrogen-bond acceptors (Lipinski definition) is 2. The topological polar surface area (TPSA) is 43.8 Å². The molecule has 0 unspecified atom stereocenters. The van der Waals surface area contributed by atoms with Gasteiger partial charge in [-0.2, -0.15) is 5.10 Å². The van der Waals surface area contributed by atoms with Crippen molar-refractivity contribution >= 4 is 0 Å². The minimum atomic E-state index is -0.0734. The van der Waals surface area contributed by atoms with Crippen molar-refractivity contribution in [3.8, 4) is 0 Å². The molecule has 3 heteroatoms. The van der Waals surface area contributed by atoms with Crippen LogP contribution in [-0.2, 0) is 17.5 Å². The summed E-state index contributed by atoms with van der Waals surface area (Å²) in [7, 11) is 0. The molecule has 0 atom stereocenters. The maximum Gasteiger partial charge on any atom is 0.0543 e. The lowest BCUT2D eigenvalue weighted by molar-refractivity contribution is 0.487. The van der Waals surface area contributed by atoms with Crippen molar-refractivity contribution in [2.75, 3.05) is 0 Å². The summed E-state index contributed by atoms with van der Waals surface area (Å²) in [6, 6.07) is 0.